The van der Waals surface area contributed by atoms with Gasteiger partial charge in [-0.25, -0.2) is 14.5 Å². The quantitative estimate of drug-likeness (QED) is 0.771. The minimum atomic E-state index is -0.694. The number of nitrogens with zero attached hydrogens (tertiary/aromatic N) is 3. The number of esters is 1. The van der Waals surface area contributed by atoms with E-state index in [9.17, 15) is 9.59 Å². The summed E-state index contributed by atoms with van der Waals surface area (Å²) in [6.45, 7) is 6.92. The largest absolute Gasteiger partial charge is 0.458 e. The third-order valence-electron chi connectivity index (χ3n) is 1.91. The van der Waals surface area contributed by atoms with E-state index in [2.05, 4.69) is 15.4 Å². The van der Waals surface area contributed by atoms with Crippen molar-refractivity contribution in [2.45, 2.75) is 45.9 Å². The predicted molar refractivity (Wildman–Crippen MR) is 63.5 cm³/mol. The first kappa shape index (κ1) is 14.1. The Kier molecular flexibility index (Phi) is 4.41. The zero-order valence-corrected chi connectivity index (χ0v) is 11.0. The Morgan fingerprint density at radius 1 is 1.44 bits per heavy atom. The van der Waals surface area contributed by atoms with Crippen molar-refractivity contribution in [3.8, 4) is 0 Å². The molecule has 1 N–H and O–H groups in total. The fraction of sp³-hybridized carbons (Fsp3) is 0.636. The Balaban J connectivity index is 2.42. The van der Waals surface area contributed by atoms with Crippen molar-refractivity contribution in [2.24, 2.45) is 0 Å². The molecule has 18 heavy (non-hydrogen) atoms. The standard InChI is InChI=1S/C11H18N4O3/c1-8(10(17)18-11(2,3)4)14-9(16)5-15-7-12-6-13-15/h6-8H,5H2,1-4H3,(H,14,16)/t8-/m0/s1. The maximum atomic E-state index is 11.6. The summed E-state index contributed by atoms with van der Waals surface area (Å²) < 4.78 is 6.52. The molecular weight excluding hydrogens is 236 g/mol. The molecule has 100 valence electrons. The lowest BCUT2D eigenvalue weighted by Crippen LogP contribution is -2.43. The first-order chi connectivity index (χ1) is 8.28. The average Bonchev–Trinajstić information content (AvgIpc) is 2.67. The molecule has 1 heterocycles. The number of aromatic nitrogens is 3. The fourth-order valence-electron chi connectivity index (χ4n) is 1.20. The summed E-state index contributed by atoms with van der Waals surface area (Å²) in [5.41, 5.74) is -0.567. The molecular formula is C11H18N4O3. The first-order valence-electron chi connectivity index (χ1n) is 5.62. The lowest BCUT2D eigenvalue weighted by atomic mass is 10.2. The van der Waals surface area contributed by atoms with Gasteiger partial charge in [-0.2, -0.15) is 5.10 Å². The van der Waals surface area contributed by atoms with Gasteiger partial charge in [0.2, 0.25) is 5.91 Å². The fourth-order valence-corrected chi connectivity index (χ4v) is 1.20. The van der Waals surface area contributed by atoms with Crippen LogP contribution in [0.2, 0.25) is 0 Å². The van der Waals surface area contributed by atoms with Crippen LogP contribution in [-0.2, 0) is 20.9 Å². The maximum Gasteiger partial charge on any atom is 0.328 e. The molecule has 0 saturated heterocycles. The molecule has 7 heteroatoms. The molecule has 0 aromatic carbocycles. The van der Waals surface area contributed by atoms with Crippen molar-refractivity contribution >= 4 is 11.9 Å². The van der Waals surface area contributed by atoms with Crippen LogP contribution in [0.4, 0.5) is 0 Å². The van der Waals surface area contributed by atoms with Crippen LogP contribution in [0.1, 0.15) is 27.7 Å². The van der Waals surface area contributed by atoms with Gasteiger partial charge in [-0.15, -0.1) is 0 Å². The van der Waals surface area contributed by atoms with Crippen LogP contribution < -0.4 is 5.32 Å². The van der Waals surface area contributed by atoms with E-state index in [4.69, 9.17) is 4.74 Å². The van der Waals surface area contributed by atoms with Crippen molar-refractivity contribution in [1.82, 2.24) is 20.1 Å². The second-order valence-corrected chi connectivity index (χ2v) is 4.92. The number of ether oxygens (including phenoxy) is 1. The van der Waals surface area contributed by atoms with Crippen LogP contribution in [-0.4, -0.2) is 38.3 Å². The second kappa shape index (κ2) is 5.61. The lowest BCUT2D eigenvalue weighted by Gasteiger charge is -2.22. The molecule has 7 nitrogen and oxygen atoms in total. The smallest absolute Gasteiger partial charge is 0.328 e. The molecule has 1 aromatic heterocycles. The number of nitrogens with one attached hydrogen (secondary N) is 1. The lowest BCUT2D eigenvalue weighted by molar-refractivity contribution is -0.158. The van der Waals surface area contributed by atoms with E-state index in [0.717, 1.165) is 0 Å². The maximum absolute atomic E-state index is 11.6. The molecule has 0 aliphatic heterocycles. The van der Waals surface area contributed by atoms with Gasteiger partial charge in [-0.3, -0.25) is 4.79 Å². The van der Waals surface area contributed by atoms with Crippen LogP contribution in [0, 0.1) is 0 Å². The molecule has 1 rings (SSSR count). The Labute approximate surface area is 106 Å². The molecule has 0 bridgehead atoms. The van der Waals surface area contributed by atoms with Gasteiger partial charge >= 0.3 is 5.97 Å². The minimum absolute atomic E-state index is 0.0210. The van der Waals surface area contributed by atoms with Crippen molar-refractivity contribution in [3.05, 3.63) is 12.7 Å². The summed E-state index contributed by atoms with van der Waals surface area (Å²) in [6.07, 6.45) is 2.77. The highest BCUT2D eigenvalue weighted by molar-refractivity contribution is 5.84. The zero-order chi connectivity index (χ0) is 13.8. The Morgan fingerprint density at radius 2 is 2.11 bits per heavy atom. The average molecular weight is 254 g/mol. The molecule has 1 atom stereocenters. The molecule has 0 aliphatic carbocycles. The summed E-state index contributed by atoms with van der Waals surface area (Å²) in [5, 5.41) is 6.33. The van der Waals surface area contributed by atoms with Gasteiger partial charge in [0.05, 0.1) is 0 Å². The van der Waals surface area contributed by atoms with Gasteiger partial charge in [0, 0.05) is 0 Å². The summed E-state index contributed by atoms with van der Waals surface area (Å²) >= 11 is 0. The van der Waals surface area contributed by atoms with Crippen LogP contribution in [0.15, 0.2) is 12.7 Å². The number of carbonyl (C=O) groups excluding carboxylic acids is 2. The second-order valence-electron chi connectivity index (χ2n) is 4.92. The van der Waals surface area contributed by atoms with Crippen molar-refractivity contribution in [1.29, 1.82) is 0 Å². The van der Waals surface area contributed by atoms with E-state index in [0.29, 0.717) is 0 Å². The van der Waals surface area contributed by atoms with Crippen LogP contribution in [0.3, 0.4) is 0 Å². The number of hydrogen-bond acceptors (Lipinski definition) is 5. The third kappa shape index (κ3) is 4.94. The van der Waals surface area contributed by atoms with Gasteiger partial charge < -0.3 is 10.1 Å². The van der Waals surface area contributed by atoms with Gasteiger partial charge in [-0.1, -0.05) is 0 Å². The number of hydrogen-bond donors (Lipinski definition) is 1. The van der Waals surface area contributed by atoms with E-state index < -0.39 is 17.6 Å². The van der Waals surface area contributed by atoms with E-state index in [1.165, 1.54) is 17.3 Å². The summed E-state index contributed by atoms with van der Waals surface area (Å²) in [7, 11) is 0. The van der Waals surface area contributed by atoms with Gasteiger partial charge in [0.1, 0.15) is 30.8 Å². The van der Waals surface area contributed by atoms with Crippen molar-refractivity contribution < 1.29 is 14.3 Å². The van der Waals surface area contributed by atoms with E-state index in [-0.39, 0.29) is 12.5 Å². The minimum Gasteiger partial charge on any atom is -0.458 e. The highest BCUT2D eigenvalue weighted by Gasteiger charge is 2.22. The van der Waals surface area contributed by atoms with Gasteiger partial charge in [-0.05, 0) is 27.7 Å². The molecule has 0 saturated carbocycles. The zero-order valence-electron chi connectivity index (χ0n) is 11.0. The summed E-state index contributed by atoms with van der Waals surface area (Å²) in [4.78, 5) is 26.9. The number of amides is 1. The van der Waals surface area contributed by atoms with Crippen LogP contribution in [0.5, 0.6) is 0 Å². The molecule has 0 radical (unpaired) electrons. The van der Waals surface area contributed by atoms with Crippen molar-refractivity contribution in [2.75, 3.05) is 0 Å². The molecule has 1 amide bonds. The van der Waals surface area contributed by atoms with E-state index in [1.54, 1.807) is 27.7 Å². The van der Waals surface area contributed by atoms with Crippen LogP contribution in [0.25, 0.3) is 0 Å². The topological polar surface area (TPSA) is 86.1 Å². The molecule has 1 aromatic rings. The molecule has 0 aliphatic rings. The molecule has 0 unspecified atom stereocenters. The predicted octanol–water partition coefficient (Wildman–Crippen LogP) is 0.124. The Hall–Kier alpha value is -1.92. The van der Waals surface area contributed by atoms with Crippen molar-refractivity contribution in [3.63, 3.8) is 0 Å². The Morgan fingerprint density at radius 3 is 2.61 bits per heavy atom. The van der Waals surface area contributed by atoms with E-state index >= 15 is 0 Å². The SMILES string of the molecule is C[C@H](NC(=O)Cn1cncn1)C(=O)OC(C)(C)C. The highest BCUT2D eigenvalue weighted by atomic mass is 16.6. The highest BCUT2D eigenvalue weighted by Crippen LogP contribution is 2.08. The molecule has 0 fully saturated rings. The van der Waals surface area contributed by atoms with Crippen LogP contribution >= 0.6 is 0 Å². The third-order valence-corrected chi connectivity index (χ3v) is 1.91. The first-order valence-corrected chi connectivity index (χ1v) is 5.62. The summed E-state index contributed by atoms with van der Waals surface area (Å²) in [5.74, 6) is -0.784. The number of carbonyl (C=O) groups is 2. The molecule has 0 spiro atoms. The Bertz CT molecular complexity index is 408. The number of rotatable bonds is 4. The van der Waals surface area contributed by atoms with Gasteiger partial charge in [0.25, 0.3) is 0 Å². The summed E-state index contributed by atoms with van der Waals surface area (Å²) in [6, 6.07) is -0.694. The monoisotopic (exact) mass is 254 g/mol. The van der Waals surface area contributed by atoms with E-state index in [1.807, 2.05) is 0 Å². The normalized spacial score (nSPS) is 12.9. The van der Waals surface area contributed by atoms with Gasteiger partial charge in [0.15, 0.2) is 0 Å².